The Labute approximate surface area is 538 Å². The Morgan fingerprint density at radius 1 is 0.211 bits per heavy atom. The van der Waals surface area contributed by atoms with Gasteiger partial charge in [0.15, 0.2) is 34.5 Å². The van der Waals surface area contributed by atoms with Crippen molar-refractivity contribution in [3.8, 4) is 45.6 Å². The molecule has 0 radical (unpaired) electrons. The third-order valence-corrected chi connectivity index (χ3v) is 14.6. The first kappa shape index (κ1) is 69.5. The number of aromatic hydroxyl groups is 6. The van der Waals surface area contributed by atoms with Crippen LogP contribution in [0.4, 0.5) is 0 Å². The molecular formula is C77H58O18. The maximum Gasteiger partial charge on any atom is 0.277 e. The molecule has 18 nitrogen and oxygen atoms in total. The first-order chi connectivity index (χ1) is 45.4. The van der Waals surface area contributed by atoms with E-state index in [9.17, 15) is 62.6 Å². The number of rotatable bonds is 5. The van der Waals surface area contributed by atoms with Gasteiger partial charge in [-0.1, -0.05) is 237 Å². The molecule has 0 aromatic heterocycles. The van der Waals surface area contributed by atoms with Crippen LogP contribution in [0.1, 0.15) is 38.9 Å². The molecule has 0 amide bonds. The van der Waals surface area contributed by atoms with Crippen molar-refractivity contribution >= 4 is 32.3 Å². The Kier molecular flexibility index (Phi) is 23.5. The van der Waals surface area contributed by atoms with Crippen LogP contribution in [-0.4, -0.2) is 30.6 Å². The molecule has 0 heterocycles. The molecule has 6 N–H and O–H groups in total. The third-order valence-electron chi connectivity index (χ3n) is 14.6. The molecule has 0 aliphatic carbocycles. The zero-order valence-electron chi connectivity index (χ0n) is 51.0. The van der Waals surface area contributed by atoms with Crippen molar-refractivity contribution in [2.75, 3.05) is 0 Å². The van der Waals surface area contributed by atoms with Gasteiger partial charge in [-0.25, -0.2) is 0 Å². The van der Waals surface area contributed by atoms with Crippen molar-refractivity contribution in [2.24, 2.45) is 0 Å². The lowest BCUT2D eigenvalue weighted by Crippen LogP contribution is -2.34. The van der Waals surface area contributed by atoms with E-state index in [1.807, 2.05) is 60.7 Å². The van der Waals surface area contributed by atoms with E-state index in [2.05, 4.69) is 146 Å². The molecular weight excluding hydrogens is 1210 g/mol. The van der Waals surface area contributed by atoms with Gasteiger partial charge in [0.05, 0.1) is 16.7 Å². The zero-order chi connectivity index (χ0) is 69.0. The van der Waals surface area contributed by atoms with Crippen LogP contribution in [0.25, 0.3) is 43.4 Å². The lowest BCUT2D eigenvalue weighted by atomic mass is 10.0. The lowest BCUT2D eigenvalue weighted by Gasteiger charge is -2.04. The van der Waals surface area contributed by atoms with Gasteiger partial charge in [0.25, 0.3) is 32.6 Å². The summed E-state index contributed by atoms with van der Waals surface area (Å²) in [5.41, 5.74) is -5.96. The molecule has 0 atom stereocenters. The fourth-order valence-electron chi connectivity index (χ4n) is 8.77. The van der Waals surface area contributed by atoms with Crippen molar-refractivity contribution < 1.29 is 30.6 Å². The fourth-order valence-corrected chi connectivity index (χ4v) is 8.77. The summed E-state index contributed by atoms with van der Waals surface area (Å²) in [4.78, 5) is 127. The van der Waals surface area contributed by atoms with Crippen molar-refractivity contribution in [2.45, 2.75) is 33.6 Å². The second kappa shape index (κ2) is 32.2. The molecule has 15 aromatic rings. The molecule has 0 fully saturated rings. The number of fused-ring (bicyclic) bond motifs is 3. The van der Waals surface area contributed by atoms with Gasteiger partial charge in [0.2, 0.25) is 32.6 Å². The van der Waals surface area contributed by atoms with Crippen molar-refractivity contribution in [1.29, 1.82) is 0 Å². The number of hydrogen-bond donors (Lipinski definition) is 6. The standard InChI is InChI=1S/C11H6O4.C11H8O3.C10H8O2.3C10H8.C6H4O4.C5H4O3.C4H4O2/c12-8-7(6-4-2-1-3-5-6)9(13)11(15)10(8)14;12-9-8(10(13)11(9)14)6-7-4-2-1-3-5-7;11-9-8(10(9)12)6-7-4-2-1-3-5-7;3*1-2-6-10-8-4-3-7-9(10)5-1;1-2-3(7)5(9)6(10)4(2)8;1-2-3(6)5(8)4(2)7;1-2-3(5)4(2)6/h1-5,12H;1-5,12H,6H2;1-5,11H,6H2;3*1-8H;7H,1H3;6H,1H3;5H,1H3. The first-order valence-corrected chi connectivity index (χ1v) is 28.9. The molecule has 0 spiro atoms. The fraction of sp³-hybridized carbons (Fsp3) is 0.0649. The second-order valence-electron chi connectivity index (χ2n) is 21.0. The molecule has 0 aliphatic rings. The van der Waals surface area contributed by atoms with Crippen LogP contribution >= 0.6 is 0 Å². The zero-order valence-corrected chi connectivity index (χ0v) is 51.0. The van der Waals surface area contributed by atoms with E-state index in [4.69, 9.17) is 25.5 Å². The molecule has 0 saturated carbocycles. The summed E-state index contributed by atoms with van der Waals surface area (Å²) in [7, 11) is 0. The molecule has 95 heavy (non-hydrogen) atoms. The van der Waals surface area contributed by atoms with Gasteiger partial charge < -0.3 is 30.6 Å². The molecule has 0 bridgehead atoms. The summed E-state index contributed by atoms with van der Waals surface area (Å²) < 4.78 is 0. The Morgan fingerprint density at radius 2 is 0.432 bits per heavy atom. The van der Waals surface area contributed by atoms with Crippen LogP contribution in [0, 0.1) is 20.8 Å². The molecule has 0 saturated heterocycles. The van der Waals surface area contributed by atoms with E-state index in [1.165, 1.54) is 46.2 Å². The van der Waals surface area contributed by atoms with Gasteiger partial charge in [-0.15, -0.1) is 0 Å². The summed E-state index contributed by atoms with van der Waals surface area (Å²) in [5, 5.41) is 60.6. The van der Waals surface area contributed by atoms with E-state index >= 15 is 0 Å². The Bertz CT molecular complexity index is 5130. The molecule has 15 rings (SSSR count). The third kappa shape index (κ3) is 17.7. The topological polar surface area (TPSA) is 326 Å². The SMILES string of the molecule is Cc1c(O)c(=O)c(=O)c1=O.Cc1c(O)c(=O)c1=O.Cc1c(O)c1=O.O=c1c(O)c(-c2ccccc2)c(=O)c1=O.O=c1c(O)c(Cc2ccccc2)c1=O.O=c1c(O)c1Cc1ccccc1.c1ccc2ccccc2c1.c1ccc2ccccc2c1.c1ccc2ccccc2c1. The Morgan fingerprint density at radius 3 is 0.632 bits per heavy atom. The summed E-state index contributed by atoms with van der Waals surface area (Å²) in [6, 6.07) is 77.1. The maximum absolute atomic E-state index is 11.3. The van der Waals surface area contributed by atoms with Gasteiger partial charge in [0.1, 0.15) is 0 Å². The van der Waals surface area contributed by atoms with E-state index in [-0.39, 0.29) is 56.1 Å². The summed E-state index contributed by atoms with van der Waals surface area (Å²) in [6.07, 6.45) is 0.892. The molecule has 18 heteroatoms. The second-order valence-corrected chi connectivity index (χ2v) is 21.0. The van der Waals surface area contributed by atoms with Crippen LogP contribution in [0.15, 0.2) is 294 Å². The maximum atomic E-state index is 11.3. The van der Waals surface area contributed by atoms with E-state index < -0.39 is 65.8 Å². The van der Waals surface area contributed by atoms with Crippen LogP contribution < -0.4 is 65.1 Å². The highest BCUT2D eigenvalue weighted by atomic mass is 16.3. The van der Waals surface area contributed by atoms with E-state index in [0.29, 0.717) is 29.5 Å². The van der Waals surface area contributed by atoms with Gasteiger partial charge in [0, 0.05) is 29.5 Å². The van der Waals surface area contributed by atoms with E-state index in [0.717, 1.165) is 11.1 Å². The van der Waals surface area contributed by atoms with Gasteiger partial charge in [-0.3, -0.25) is 57.5 Å². The number of hydrogen-bond acceptors (Lipinski definition) is 18. The Balaban J connectivity index is 0.000000152. The Hall–Kier alpha value is -13.0. The summed E-state index contributed by atoms with van der Waals surface area (Å²) >= 11 is 0. The number of benzene rings is 9. The molecule has 15 aromatic carbocycles. The van der Waals surface area contributed by atoms with Gasteiger partial charge in [-0.2, -0.15) is 0 Å². The first-order valence-electron chi connectivity index (χ1n) is 28.9. The summed E-state index contributed by atoms with van der Waals surface area (Å²) in [5.74, 6) is -2.31. The predicted molar refractivity (Wildman–Crippen MR) is 368 cm³/mol. The highest BCUT2D eigenvalue weighted by Gasteiger charge is 2.22. The monoisotopic (exact) mass is 1270 g/mol. The quantitative estimate of drug-likeness (QED) is 0.0884. The van der Waals surface area contributed by atoms with Crippen molar-refractivity contribution in [1.82, 2.24) is 0 Å². The average molecular weight is 1270 g/mol. The van der Waals surface area contributed by atoms with Crippen LogP contribution in [-0.2, 0) is 12.8 Å². The van der Waals surface area contributed by atoms with Gasteiger partial charge >= 0.3 is 0 Å². The normalized spacial score (nSPS) is 10.3. The van der Waals surface area contributed by atoms with Gasteiger partial charge in [-0.05, 0) is 69.8 Å². The highest BCUT2D eigenvalue weighted by Crippen LogP contribution is 2.22. The van der Waals surface area contributed by atoms with Crippen LogP contribution in [0.2, 0.25) is 0 Å². The van der Waals surface area contributed by atoms with Crippen molar-refractivity contribution in [3.05, 3.63) is 398 Å². The average Bonchev–Trinajstić information content (AvgIpc) is 1.48. The largest absolute Gasteiger partial charge is 0.504 e. The minimum atomic E-state index is -1.17. The highest BCUT2D eigenvalue weighted by molar-refractivity contribution is 5.83. The minimum Gasteiger partial charge on any atom is -0.504 e. The van der Waals surface area contributed by atoms with Crippen molar-refractivity contribution in [3.63, 3.8) is 0 Å². The molecule has 0 aliphatic heterocycles. The van der Waals surface area contributed by atoms with Crippen LogP contribution in [0.3, 0.4) is 0 Å². The van der Waals surface area contributed by atoms with Crippen LogP contribution in [0.5, 0.6) is 34.5 Å². The predicted octanol–water partition coefficient (Wildman–Crippen LogP) is 8.22. The minimum absolute atomic E-state index is 0.0427. The summed E-state index contributed by atoms with van der Waals surface area (Å²) in [6.45, 7) is 4.25. The van der Waals surface area contributed by atoms with E-state index in [1.54, 1.807) is 37.3 Å². The smallest absolute Gasteiger partial charge is 0.277 e. The molecule has 474 valence electrons. The lowest BCUT2D eigenvalue weighted by molar-refractivity contribution is 0.455. The molecule has 0 unspecified atom stereocenters.